The molecule has 1 fully saturated rings. The zero-order chi connectivity index (χ0) is 11.3. The highest BCUT2D eigenvalue weighted by Crippen LogP contribution is 2.41. The molecule has 3 rings (SSSR count). The predicted molar refractivity (Wildman–Crippen MR) is 64.1 cm³/mol. The topological polar surface area (TPSA) is 69.7 Å². The quantitative estimate of drug-likeness (QED) is 0.586. The summed E-state index contributed by atoms with van der Waals surface area (Å²) in [6.45, 7) is 0.767. The van der Waals surface area contributed by atoms with E-state index in [1.54, 1.807) is 6.07 Å². The number of rotatable bonds is 0. The van der Waals surface area contributed by atoms with Gasteiger partial charge in [-0.25, -0.2) is 0 Å². The van der Waals surface area contributed by atoms with Crippen LogP contribution in [0.5, 0.6) is 5.75 Å². The van der Waals surface area contributed by atoms with Gasteiger partial charge in [-0.3, -0.25) is 4.90 Å². The van der Waals surface area contributed by atoms with Crippen LogP contribution in [0.25, 0.3) is 0 Å². The summed E-state index contributed by atoms with van der Waals surface area (Å²) in [5.41, 5.74) is 8.12. The molecule has 4 N–H and O–H groups in total. The first-order chi connectivity index (χ1) is 7.66. The normalized spacial score (nSPS) is 28.8. The van der Waals surface area contributed by atoms with Gasteiger partial charge in [-0.1, -0.05) is 0 Å². The van der Waals surface area contributed by atoms with Gasteiger partial charge in [0.05, 0.1) is 12.1 Å². The maximum Gasteiger partial charge on any atom is 0.117 e. The van der Waals surface area contributed by atoms with E-state index in [2.05, 4.69) is 4.90 Å². The molecule has 2 atom stereocenters. The average molecular weight is 238 g/mol. The summed E-state index contributed by atoms with van der Waals surface area (Å²) in [5.74, 6) is 2.06. The van der Waals surface area contributed by atoms with Crippen molar-refractivity contribution in [3.8, 4) is 5.75 Å². The van der Waals surface area contributed by atoms with Gasteiger partial charge in [0.25, 0.3) is 0 Å². The van der Waals surface area contributed by atoms with Gasteiger partial charge in [0.2, 0.25) is 0 Å². The number of nitrogens with two attached hydrogens (primary N) is 1. The molecule has 0 radical (unpaired) electrons. The maximum absolute atomic E-state index is 10.3. The summed E-state index contributed by atoms with van der Waals surface area (Å²) >= 11 is 1.83. The monoisotopic (exact) mass is 238 g/mol. The van der Waals surface area contributed by atoms with Crippen molar-refractivity contribution >= 4 is 17.4 Å². The van der Waals surface area contributed by atoms with Gasteiger partial charge >= 0.3 is 0 Å². The zero-order valence-corrected chi connectivity index (χ0v) is 9.57. The number of aliphatic hydroxyl groups is 1. The molecule has 2 heterocycles. The number of hydrogen-bond acceptors (Lipinski definition) is 5. The van der Waals surface area contributed by atoms with Gasteiger partial charge in [-0.05, 0) is 11.6 Å². The Labute approximate surface area is 98.1 Å². The minimum atomic E-state index is -0.528. The molecule has 5 heteroatoms. The Balaban J connectivity index is 2.10. The van der Waals surface area contributed by atoms with Crippen molar-refractivity contribution in [3.63, 3.8) is 0 Å². The van der Waals surface area contributed by atoms with E-state index in [9.17, 15) is 10.2 Å². The standard InChI is InChI=1S/C11H14N2O2S/c12-8-2-7(14)1-6-3-13-5-16-4-9(13)11(15)10(6)8/h1-2,9,11,14-15H,3-5,12H2/t9-,11?/m1/s1. The van der Waals surface area contributed by atoms with Gasteiger partial charge in [0, 0.05) is 35.5 Å². The second kappa shape index (κ2) is 3.55. The zero-order valence-electron chi connectivity index (χ0n) is 8.76. The third kappa shape index (κ3) is 1.39. The van der Waals surface area contributed by atoms with Crippen LogP contribution >= 0.6 is 11.8 Å². The molecule has 2 aliphatic rings. The van der Waals surface area contributed by atoms with Crippen LogP contribution in [0.1, 0.15) is 17.2 Å². The first kappa shape index (κ1) is 10.3. The molecule has 1 aromatic rings. The molecule has 0 aliphatic carbocycles. The smallest absolute Gasteiger partial charge is 0.117 e. The summed E-state index contributed by atoms with van der Waals surface area (Å²) in [6, 6.07) is 3.39. The predicted octanol–water partition coefficient (Wildman–Crippen LogP) is 0.896. The van der Waals surface area contributed by atoms with Gasteiger partial charge in [0.1, 0.15) is 5.75 Å². The van der Waals surface area contributed by atoms with Gasteiger partial charge in [-0.2, -0.15) is 0 Å². The van der Waals surface area contributed by atoms with E-state index >= 15 is 0 Å². The fourth-order valence-corrected chi connectivity index (χ4v) is 3.83. The van der Waals surface area contributed by atoms with Crippen molar-refractivity contribution in [2.75, 3.05) is 17.4 Å². The van der Waals surface area contributed by atoms with Crippen LogP contribution in [0.4, 0.5) is 5.69 Å². The van der Waals surface area contributed by atoms with Gasteiger partial charge in [0.15, 0.2) is 0 Å². The van der Waals surface area contributed by atoms with Crippen molar-refractivity contribution in [3.05, 3.63) is 23.3 Å². The minimum absolute atomic E-state index is 0.171. The summed E-state index contributed by atoms with van der Waals surface area (Å²) in [5, 5.41) is 19.8. The van der Waals surface area contributed by atoms with Crippen LogP contribution < -0.4 is 5.73 Å². The minimum Gasteiger partial charge on any atom is -0.508 e. The number of aliphatic hydroxyl groups excluding tert-OH is 1. The van der Waals surface area contributed by atoms with Crippen LogP contribution in [-0.4, -0.2) is 32.8 Å². The van der Waals surface area contributed by atoms with E-state index in [0.717, 1.165) is 29.3 Å². The van der Waals surface area contributed by atoms with E-state index in [0.29, 0.717) is 5.69 Å². The van der Waals surface area contributed by atoms with Crippen LogP contribution in [0.15, 0.2) is 12.1 Å². The SMILES string of the molecule is Nc1cc(O)cc2c1C(O)[C@H]1CSCN1C2. The van der Waals surface area contributed by atoms with Crippen LogP contribution in [0.2, 0.25) is 0 Å². The molecule has 0 spiro atoms. The molecule has 1 saturated heterocycles. The lowest BCUT2D eigenvalue weighted by Gasteiger charge is -2.35. The van der Waals surface area contributed by atoms with Crippen molar-refractivity contribution in [1.29, 1.82) is 0 Å². The number of fused-ring (bicyclic) bond motifs is 2. The highest BCUT2D eigenvalue weighted by molar-refractivity contribution is 7.99. The Morgan fingerprint density at radius 2 is 2.25 bits per heavy atom. The van der Waals surface area contributed by atoms with Crippen molar-refractivity contribution < 1.29 is 10.2 Å². The molecule has 4 nitrogen and oxygen atoms in total. The Morgan fingerprint density at radius 1 is 1.44 bits per heavy atom. The highest BCUT2D eigenvalue weighted by atomic mass is 32.2. The molecule has 0 saturated carbocycles. The first-order valence-corrected chi connectivity index (χ1v) is 6.43. The number of benzene rings is 1. The summed E-state index contributed by atoms with van der Waals surface area (Å²) in [4.78, 5) is 2.23. The maximum atomic E-state index is 10.3. The number of phenolic OH excluding ortho intramolecular Hbond substituents is 1. The molecule has 1 aromatic carbocycles. The number of anilines is 1. The molecular weight excluding hydrogens is 224 g/mol. The molecule has 86 valence electrons. The van der Waals surface area contributed by atoms with Gasteiger partial charge < -0.3 is 15.9 Å². The second-order valence-electron chi connectivity index (χ2n) is 4.37. The lowest BCUT2D eigenvalue weighted by atomic mass is 9.91. The van der Waals surface area contributed by atoms with E-state index in [1.807, 2.05) is 11.8 Å². The Morgan fingerprint density at radius 3 is 3.06 bits per heavy atom. The molecule has 1 unspecified atom stereocenters. The highest BCUT2D eigenvalue weighted by Gasteiger charge is 2.38. The lowest BCUT2D eigenvalue weighted by molar-refractivity contribution is 0.0594. The summed E-state index contributed by atoms with van der Waals surface area (Å²) < 4.78 is 0. The number of nitrogens with zero attached hydrogens (tertiary/aromatic N) is 1. The van der Waals surface area contributed by atoms with Crippen LogP contribution in [-0.2, 0) is 6.54 Å². The molecular formula is C11H14N2O2S. The molecule has 0 aromatic heterocycles. The summed E-state index contributed by atoms with van der Waals surface area (Å²) in [7, 11) is 0. The number of aromatic hydroxyl groups is 1. The fraction of sp³-hybridized carbons (Fsp3) is 0.455. The summed E-state index contributed by atoms with van der Waals surface area (Å²) in [6.07, 6.45) is -0.528. The average Bonchev–Trinajstić information content (AvgIpc) is 2.64. The van der Waals surface area contributed by atoms with Gasteiger partial charge in [-0.15, -0.1) is 11.8 Å². The Kier molecular flexibility index (Phi) is 2.27. The molecule has 0 bridgehead atoms. The van der Waals surface area contributed by atoms with Crippen molar-refractivity contribution in [2.24, 2.45) is 0 Å². The molecule has 16 heavy (non-hydrogen) atoms. The molecule has 0 amide bonds. The third-order valence-electron chi connectivity index (χ3n) is 3.33. The number of phenols is 1. The van der Waals surface area contributed by atoms with Crippen molar-refractivity contribution in [2.45, 2.75) is 18.7 Å². The third-order valence-corrected chi connectivity index (χ3v) is 4.42. The fourth-order valence-electron chi connectivity index (χ4n) is 2.57. The lowest BCUT2D eigenvalue weighted by Crippen LogP contribution is -2.40. The Hall–Kier alpha value is -0.910. The number of nitrogen functional groups attached to an aromatic ring is 1. The van der Waals surface area contributed by atoms with Crippen molar-refractivity contribution in [1.82, 2.24) is 4.90 Å². The van der Waals surface area contributed by atoms with E-state index in [1.165, 1.54) is 6.07 Å². The largest absolute Gasteiger partial charge is 0.508 e. The van der Waals surface area contributed by atoms with E-state index < -0.39 is 6.10 Å². The van der Waals surface area contributed by atoms with E-state index in [4.69, 9.17) is 5.73 Å². The first-order valence-electron chi connectivity index (χ1n) is 5.28. The number of thioether (sulfide) groups is 1. The van der Waals surface area contributed by atoms with Crippen LogP contribution in [0.3, 0.4) is 0 Å². The Bertz CT molecular complexity index is 438. The number of hydrogen-bond donors (Lipinski definition) is 3. The molecule has 2 aliphatic heterocycles. The van der Waals surface area contributed by atoms with E-state index in [-0.39, 0.29) is 11.8 Å². The van der Waals surface area contributed by atoms with Crippen LogP contribution in [0, 0.1) is 0 Å². The second-order valence-corrected chi connectivity index (χ2v) is 5.37.